The Balaban J connectivity index is 1.44. The number of carbonyl (C=O) groups excluding carboxylic acids is 1. The molecule has 4 aromatic rings. The molecule has 0 aliphatic rings. The first-order valence-corrected chi connectivity index (χ1v) is 11.7. The van der Waals surface area contributed by atoms with E-state index in [4.69, 9.17) is 27.6 Å². The zero-order chi connectivity index (χ0) is 22.3. The van der Waals surface area contributed by atoms with Gasteiger partial charge in [0.1, 0.15) is 5.76 Å². The van der Waals surface area contributed by atoms with Crippen LogP contribution in [-0.2, 0) is 11.3 Å². The number of benzene rings is 2. The molecule has 0 bridgehead atoms. The molecule has 32 heavy (non-hydrogen) atoms. The van der Waals surface area contributed by atoms with E-state index in [2.05, 4.69) is 15.5 Å². The number of furan rings is 1. The lowest BCUT2D eigenvalue weighted by atomic mass is 10.2. The van der Waals surface area contributed by atoms with Crippen LogP contribution in [0.25, 0.3) is 17.1 Å². The molecule has 0 aliphatic heterocycles. The van der Waals surface area contributed by atoms with Crippen molar-refractivity contribution in [2.75, 3.05) is 5.75 Å². The molecule has 4 rings (SSSR count). The third-order valence-electron chi connectivity index (χ3n) is 4.65. The summed E-state index contributed by atoms with van der Waals surface area (Å²) in [5.41, 5.74) is 1.76. The molecule has 0 atom stereocenters. The molecule has 0 unspecified atom stereocenters. The van der Waals surface area contributed by atoms with Crippen molar-refractivity contribution in [1.82, 2.24) is 20.1 Å². The molecule has 1 N–H and O–H groups in total. The minimum absolute atomic E-state index is 0.0158. The van der Waals surface area contributed by atoms with Crippen LogP contribution in [0.5, 0.6) is 0 Å². The van der Waals surface area contributed by atoms with Gasteiger partial charge in [0.25, 0.3) is 0 Å². The highest BCUT2D eigenvalue weighted by molar-refractivity contribution is 7.99. The highest BCUT2D eigenvalue weighted by atomic mass is 35.5. The van der Waals surface area contributed by atoms with Gasteiger partial charge < -0.3 is 9.73 Å². The van der Waals surface area contributed by atoms with Crippen LogP contribution >= 0.6 is 35.0 Å². The maximum atomic E-state index is 12.1. The van der Waals surface area contributed by atoms with Gasteiger partial charge in [-0.1, -0.05) is 65.3 Å². The SMILES string of the molecule is O=C(CCCSc1nnc(-c2ccccc2)n1-c1ccc(Cl)c(Cl)c1)NCc1ccco1. The van der Waals surface area contributed by atoms with Crippen molar-refractivity contribution >= 4 is 40.9 Å². The van der Waals surface area contributed by atoms with Crippen LogP contribution in [0.4, 0.5) is 0 Å². The lowest BCUT2D eigenvalue weighted by molar-refractivity contribution is -0.121. The van der Waals surface area contributed by atoms with Crippen LogP contribution in [0.3, 0.4) is 0 Å². The van der Waals surface area contributed by atoms with Crippen molar-refractivity contribution in [1.29, 1.82) is 0 Å². The summed E-state index contributed by atoms with van der Waals surface area (Å²) in [5, 5.41) is 13.3. The van der Waals surface area contributed by atoms with Crippen molar-refractivity contribution in [2.24, 2.45) is 0 Å². The average molecular weight is 487 g/mol. The van der Waals surface area contributed by atoms with Crippen molar-refractivity contribution < 1.29 is 9.21 Å². The average Bonchev–Trinajstić information content (AvgIpc) is 3.48. The standard InChI is InChI=1S/C23H20Cl2N4O2S/c24-19-11-10-17(14-20(19)25)29-22(16-6-2-1-3-7-16)27-28-23(29)32-13-5-9-21(30)26-15-18-8-4-12-31-18/h1-4,6-8,10-12,14H,5,9,13,15H2,(H,26,30). The Kier molecular flexibility index (Phi) is 7.52. The fraction of sp³-hybridized carbons (Fsp3) is 0.174. The van der Waals surface area contributed by atoms with Crippen molar-refractivity contribution in [2.45, 2.75) is 24.5 Å². The third-order valence-corrected chi connectivity index (χ3v) is 6.40. The first kappa shape index (κ1) is 22.5. The van der Waals surface area contributed by atoms with Gasteiger partial charge in [-0.2, -0.15) is 0 Å². The van der Waals surface area contributed by atoms with Gasteiger partial charge in [-0.05, 0) is 36.8 Å². The van der Waals surface area contributed by atoms with Gasteiger partial charge >= 0.3 is 0 Å². The third kappa shape index (κ3) is 5.54. The summed E-state index contributed by atoms with van der Waals surface area (Å²) >= 11 is 13.9. The van der Waals surface area contributed by atoms with E-state index in [-0.39, 0.29) is 5.91 Å². The Morgan fingerprint density at radius 1 is 1.03 bits per heavy atom. The molecule has 164 valence electrons. The number of nitrogens with zero attached hydrogens (tertiary/aromatic N) is 3. The minimum Gasteiger partial charge on any atom is -0.467 e. The van der Waals surface area contributed by atoms with Crippen LogP contribution in [0, 0.1) is 0 Å². The molecule has 0 spiro atoms. The predicted octanol–water partition coefficient (Wildman–Crippen LogP) is 6.02. The highest BCUT2D eigenvalue weighted by Gasteiger charge is 2.17. The Morgan fingerprint density at radius 2 is 1.88 bits per heavy atom. The minimum atomic E-state index is -0.0158. The fourth-order valence-corrected chi connectivity index (χ4v) is 4.26. The lowest BCUT2D eigenvalue weighted by Gasteiger charge is -2.11. The number of halogens is 2. The van der Waals surface area contributed by atoms with E-state index in [0.717, 1.165) is 22.2 Å². The first-order chi connectivity index (χ1) is 15.6. The molecule has 2 heterocycles. The molecule has 0 fully saturated rings. The Bertz CT molecular complexity index is 1180. The molecule has 1 amide bonds. The summed E-state index contributed by atoms with van der Waals surface area (Å²) < 4.78 is 7.18. The van der Waals surface area contributed by atoms with E-state index in [9.17, 15) is 4.79 Å². The lowest BCUT2D eigenvalue weighted by Crippen LogP contribution is -2.22. The summed E-state index contributed by atoms with van der Waals surface area (Å²) in [6.07, 6.45) is 2.70. The quantitative estimate of drug-likeness (QED) is 0.231. The molecule has 9 heteroatoms. The van der Waals surface area contributed by atoms with Gasteiger partial charge in [0, 0.05) is 17.7 Å². The van der Waals surface area contributed by atoms with E-state index in [1.54, 1.807) is 36.2 Å². The second-order valence-corrected chi connectivity index (χ2v) is 8.79. The number of thioether (sulfide) groups is 1. The highest BCUT2D eigenvalue weighted by Crippen LogP contribution is 2.31. The Morgan fingerprint density at radius 3 is 2.62 bits per heavy atom. The topological polar surface area (TPSA) is 73.0 Å². The van der Waals surface area contributed by atoms with Gasteiger partial charge in [-0.15, -0.1) is 10.2 Å². The van der Waals surface area contributed by atoms with Crippen molar-refractivity contribution in [3.63, 3.8) is 0 Å². The van der Waals surface area contributed by atoms with Gasteiger partial charge in [0.2, 0.25) is 5.91 Å². The monoisotopic (exact) mass is 486 g/mol. The van der Waals surface area contributed by atoms with Crippen LogP contribution in [0.2, 0.25) is 10.0 Å². The van der Waals surface area contributed by atoms with Gasteiger partial charge in [0.05, 0.1) is 28.5 Å². The number of hydrogen-bond acceptors (Lipinski definition) is 5. The number of carbonyl (C=O) groups is 1. The zero-order valence-electron chi connectivity index (χ0n) is 17.0. The van der Waals surface area contributed by atoms with E-state index in [1.165, 1.54) is 0 Å². The molecular formula is C23H20Cl2N4O2S. The second-order valence-electron chi connectivity index (χ2n) is 6.91. The van der Waals surface area contributed by atoms with Crippen LogP contribution in [0.15, 0.2) is 76.5 Å². The van der Waals surface area contributed by atoms with Crippen molar-refractivity contribution in [3.05, 3.63) is 82.7 Å². The fourth-order valence-electron chi connectivity index (χ4n) is 3.08. The molecule has 0 radical (unpaired) electrons. The van der Waals surface area contributed by atoms with Crippen LogP contribution < -0.4 is 5.32 Å². The molecule has 0 saturated carbocycles. The summed E-state index contributed by atoms with van der Waals surface area (Å²) in [6, 6.07) is 18.9. The molecular weight excluding hydrogens is 467 g/mol. The zero-order valence-corrected chi connectivity index (χ0v) is 19.3. The Hall–Kier alpha value is -2.74. The van der Waals surface area contributed by atoms with E-state index >= 15 is 0 Å². The smallest absolute Gasteiger partial charge is 0.220 e. The summed E-state index contributed by atoms with van der Waals surface area (Å²) in [5.74, 6) is 2.14. The van der Waals surface area contributed by atoms with Crippen LogP contribution in [0.1, 0.15) is 18.6 Å². The van der Waals surface area contributed by atoms with Gasteiger partial charge in [-0.3, -0.25) is 9.36 Å². The van der Waals surface area contributed by atoms with E-state index in [1.807, 2.05) is 47.0 Å². The summed E-state index contributed by atoms with van der Waals surface area (Å²) in [6.45, 7) is 0.394. The number of rotatable bonds is 9. The van der Waals surface area contributed by atoms with Gasteiger partial charge in [-0.25, -0.2) is 0 Å². The summed E-state index contributed by atoms with van der Waals surface area (Å²) in [4.78, 5) is 12.1. The first-order valence-electron chi connectivity index (χ1n) is 10.00. The number of aromatic nitrogens is 3. The number of hydrogen-bond donors (Lipinski definition) is 1. The largest absolute Gasteiger partial charge is 0.467 e. The van der Waals surface area contributed by atoms with E-state index < -0.39 is 0 Å². The Labute approximate surface area is 199 Å². The van der Waals surface area contributed by atoms with E-state index in [0.29, 0.717) is 41.0 Å². The second kappa shape index (κ2) is 10.7. The molecule has 2 aromatic heterocycles. The normalized spacial score (nSPS) is 10.9. The maximum Gasteiger partial charge on any atom is 0.220 e. The number of amides is 1. The van der Waals surface area contributed by atoms with Gasteiger partial charge in [0.15, 0.2) is 11.0 Å². The van der Waals surface area contributed by atoms with Crippen molar-refractivity contribution in [3.8, 4) is 17.1 Å². The molecule has 2 aromatic carbocycles. The van der Waals surface area contributed by atoms with Crippen LogP contribution in [-0.4, -0.2) is 26.4 Å². The maximum absolute atomic E-state index is 12.1. The molecule has 0 aliphatic carbocycles. The number of nitrogens with one attached hydrogen (secondary N) is 1. The predicted molar refractivity (Wildman–Crippen MR) is 127 cm³/mol. The summed E-state index contributed by atoms with van der Waals surface area (Å²) in [7, 11) is 0. The molecule has 6 nitrogen and oxygen atoms in total. The molecule has 0 saturated heterocycles.